The van der Waals surface area contributed by atoms with Crippen LogP contribution >= 0.6 is 0 Å². The normalized spacial score (nSPS) is 16.5. The van der Waals surface area contributed by atoms with Crippen LogP contribution in [0.15, 0.2) is 77.7 Å². The number of aromatic nitrogens is 1. The van der Waals surface area contributed by atoms with E-state index in [1.54, 1.807) is 23.9 Å². The molecule has 32 heavy (non-hydrogen) atoms. The van der Waals surface area contributed by atoms with Gasteiger partial charge in [0.05, 0.1) is 6.26 Å². The van der Waals surface area contributed by atoms with Gasteiger partial charge < -0.3 is 9.64 Å². The highest BCUT2D eigenvalue weighted by molar-refractivity contribution is 7.88. The van der Waals surface area contributed by atoms with E-state index < -0.39 is 10.0 Å². The van der Waals surface area contributed by atoms with Gasteiger partial charge in [0.1, 0.15) is 12.4 Å². The topological polar surface area (TPSA) is 71.8 Å². The maximum Gasteiger partial charge on any atom is 0.258 e. The summed E-state index contributed by atoms with van der Waals surface area (Å²) < 4.78 is 32.4. The maximum absolute atomic E-state index is 12.6. The third-order valence-electron chi connectivity index (χ3n) is 5.83. The molecule has 7 nitrogen and oxygen atoms in total. The molecule has 0 spiro atoms. The summed E-state index contributed by atoms with van der Waals surface area (Å²) in [6.07, 6.45) is 3.74. The Balaban J connectivity index is 1.42. The molecule has 1 fully saturated rings. The Bertz CT molecular complexity index is 1220. The van der Waals surface area contributed by atoms with E-state index in [1.807, 2.05) is 54.6 Å². The number of likely N-dealkylation sites (N-methyl/N-ethyl adjacent to an activating group) is 1. The molecule has 3 aromatic rings. The highest BCUT2D eigenvalue weighted by atomic mass is 32.2. The minimum Gasteiger partial charge on any atom is -0.489 e. The van der Waals surface area contributed by atoms with E-state index in [0.29, 0.717) is 18.9 Å². The lowest BCUT2D eigenvalue weighted by atomic mass is 10.2. The van der Waals surface area contributed by atoms with Crippen LogP contribution < -0.4 is 15.2 Å². The van der Waals surface area contributed by atoms with E-state index in [4.69, 9.17) is 4.74 Å². The first-order valence-corrected chi connectivity index (χ1v) is 12.3. The number of ether oxygens (including phenoxy) is 1. The van der Waals surface area contributed by atoms with Crippen LogP contribution in [0.3, 0.4) is 0 Å². The second-order valence-electron chi connectivity index (χ2n) is 8.03. The zero-order chi connectivity index (χ0) is 22.7. The fourth-order valence-corrected chi connectivity index (χ4v) is 4.59. The molecule has 0 N–H and O–H groups in total. The molecule has 8 heteroatoms. The average Bonchev–Trinajstić information content (AvgIpc) is 3.27. The number of hydrogen-bond acceptors (Lipinski definition) is 5. The van der Waals surface area contributed by atoms with Gasteiger partial charge in [-0.05, 0) is 42.3 Å². The van der Waals surface area contributed by atoms with Crippen molar-refractivity contribution in [2.45, 2.75) is 19.1 Å². The lowest BCUT2D eigenvalue weighted by Gasteiger charge is -2.23. The number of rotatable bonds is 7. The molecule has 0 saturated carbocycles. The second-order valence-corrected chi connectivity index (χ2v) is 10.1. The molecular weight excluding hydrogens is 426 g/mol. The van der Waals surface area contributed by atoms with E-state index >= 15 is 0 Å². The summed E-state index contributed by atoms with van der Waals surface area (Å²) in [6, 6.07) is 20.8. The van der Waals surface area contributed by atoms with Crippen LogP contribution in [0.25, 0.3) is 5.69 Å². The average molecular weight is 454 g/mol. The van der Waals surface area contributed by atoms with Crippen LogP contribution in [0.5, 0.6) is 5.75 Å². The summed E-state index contributed by atoms with van der Waals surface area (Å²) in [6.45, 7) is 1.85. The van der Waals surface area contributed by atoms with Crippen LogP contribution in [0.2, 0.25) is 0 Å². The summed E-state index contributed by atoms with van der Waals surface area (Å²) in [5, 5.41) is 0. The quantitative estimate of drug-likeness (QED) is 0.550. The largest absolute Gasteiger partial charge is 0.489 e. The van der Waals surface area contributed by atoms with Gasteiger partial charge in [0, 0.05) is 49.8 Å². The van der Waals surface area contributed by atoms with Crippen LogP contribution in [0.4, 0.5) is 5.69 Å². The molecule has 2 heterocycles. The van der Waals surface area contributed by atoms with Crippen molar-refractivity contribution in [1.29, 1.82) is 0 Å². The van der Waals surface area contributed by atoms with Crippen molar-refractivity contribution in [3.05, 3.63) is 88.8 Å². The monoisotopic (exact) mass is 453 g/mol. The van der Waals surface area contributed by atoms with Crippen molar-refractivity contribution >= 4 is 15.7 Å². The third-order valence-corrected chi connectivity index (χ3v) is 7.18. The van der Waals surface area contributed by atoms with Gasteiger partial charge in [-0.1, -0.05) is 30.3 Å². The standard InChI is InChI=1S/C24H27N3O4S/c1-25(32(2,29)30)22-12-14-26(17-22)20-8-10-21(11-9-20)27-15-13-23(16-24(27)28)31-18-19-6-4-3-5-7-19/h3-11,13,15-16,22H,12,14,17-18H2,1-2H3. The highest BCUT2D eigenvalue weighted by Gasteiger charge is 2.30. The first-order chi connectivity index (χ1) is 15.3. The van der Waals surface area contributed by atoms with Crippen LogP contribution in [0.1, 0.15) is 12.0 Å². The molecule has 168 valence electrons. The molecule has 1 saturated heterocycles. The summed E-state index contributed by atoms with van der Waals surface area (Å²) in [5.74, 6) is 0.532. The van der Waals surface area contributed by atoms with Gasteiger partial charge in [0.25, 0.3) is 5.56 Å². The number of benzene rings is 2. The van der Waals surface area contributed by atoms with Crippen molar-refractivity contribution in [3.63, 3.8) is 0 Å². The predicted octanol–water partition coefficient (Wildman–Crippen LogP) is 2.89. The fourth-order valence-electron chi connectivity index (χ4n) is 3.87. The molecule has 2 aromatic carbocycles. The summed E-state index contributed by atoms with van der Waals surface area (Å²) in [5.41, 5.74) is 2.64. The number of pyridine rings is 1. The minimum absolute atomic E-state index is 0.0317. The SMILES string of the molecule is CN(C1CCN(c2ccc(-n3ccc(OCc4ccccc4)cc3=O)cc2)C1)S(C)(=O)=O. The molecule has 0 aliphatic carbocycles. The Morgan fingerprint density at radius 1 is 1.03 bits per heavy atom. The van der Waals surface area contributed by atoms with Crippen molar-refractivity contribution in [1.82, 2.24) is 8.87 Å². The maximum atomic E-state index is 12.6. The molecule has 4 rings (SSSR count). The Morgan fingerprint density at radius 3 is 2.38 bits per heavy atom. The van der Waals surface area contributed by atoms with Gasteiger partial charge in [-0.15, -0.1) is 0 Å². The minimum atomic E-state index is -3.20. The van der Waals surface area contributed by atoms with Gasteiger partial charge >= 0.3 is 0 Å². The van der Waals surface area contributed by atoms with Gasteiger partial charge in [-0.25, -0.2) is 12.7 Å². The number of nitrogens with zero attached hydrogens (tertiary/aromatic N) is 3. The zero-order valence-corrected chi connectivity index (χ0v) is 19.0. The highest BCUT2D eigenvalue weighted by Crippen LogP contribution is 2.24. The summed E-state index contributed by atoms with van der Waals surface area (Å²) in [7, 11) is -1.57. The van der Waals surface area contributed by atoms with Crippen LogP contribution in [-0.4, -0.2) is 49.7 Å². The third kappa shape index (κ3) is 5.03. The van der Waals surface area contributed by atoms with E-state index in [0.717, 1.165) is 29.9 Å². The van der Waals surface area contributed by atoms with Crippen molar-refractivity contribution in [2.24, 2.45) is 0 Å². The molecule has 0 bridgehead atoms. The van der Waals surface area contributed by atoms with Crippen molar-refractivity contribution in [2.75, 3.05) is 31.3 Å². The van der Waals surface area contributed by atoms with Gasteiger partial charge in [-0.3, -0.25) is 9.36 Å². The smallest absolute Gasteiger partial charge is 0.258 e. The van der Waals surface area contributed by atoms with Gasteiger partial charge in [0.2, 0.25) is 10.0 Å². The molecule has 1 aromatic heterocycles. The molecule has 1 aliphatic rings. The van der Waals surface area contributed by atoms with E-state index in [9.17, 15) is 13.2 Å². The first-order valence-electron chi connectivity index (χ1n) is 10.5. The van der Waals surface area contributed by atoms with Gasteiger partial charge in [0.15, 0.2) is 0 Å². The summed E-state index contributed by atoms with van der Waals surface area (Å²) in [4.78, 5) is 14.8. The number of sulfonamides is 1. The molecular formula is C24H27N3O4S. The molecule has 1 unspecified atom stereocenters. The van der Waals surface area contributed by atoms with E-state index in [-0.39, 0.29) is 11.6 Å². The Kier molecular flexibility index (Phi) is 6.34. The van der Waals surface area contributed by atoms with Crippen molar-refractivity contribution < 1.29 is 13.2 Å². The van der Waals surface area contributed by atoms with Gasteiger partial charge in [-0.2, -0.15) is 0 Å². The van der Waals surface area contributed by atoms with Crippen LogP contribution in [-0.2, 0) is 16.6 Å². The Morgan fingerprint density at radius 2 is 1.72 bits per heavy atom. The number of anilines is 1. The molecule has 1 atom stereocenters. The fraction of sp³-hybridized carbons (Fsp3) is 0.292. The zero-order valence-electron chi connectivity index (χ0n) is 18.2. The van der Waals surface area contributed by atoms with E-state index in [2.05, 4.69) is 4.90 Å². The predicted molar refractivity (Wildman–Crippen MR) is 126 cm³/mol. The van der Waals surface area contributed by atoms with Crippen molar-refractivity contribution in [3.8, 4) is 11.4 Å². The Labute approximate surface area is 188 Å². The van der Waals surface area contributed by atoms with Crippen LogP contribution in [0, 0.1) is 0 Å². The second kappa shape index (κ2) is 9.18. The lowest BCUT2D eigenvalue weighted by molar-refractivity contribution is 0.305. The summed E-state index contributed by atoms with van der Waals surface area (Å²) >= 11 is 0. The molecule has 0 amide bonds. The first kappa shape index (κ1) is 22.1. The van der Waals surface area contributed by atoms with E-state index in [1.165, 1.54) is 16.6 Å². The number of hydrogen-bond donors (Lipinski definition) is 0. The lowest BCUT2D eigenvalue weighted by Crippen LogP contribution is -2.38. The molecule has 1 aliphatic heterocycles. The Hall–Kier alpha value is -3.10. The molecule has 0 radical (unpaired) electrons.